The smallest absolute Gasteiger partial charge is 0.257 e. The summed E-state index contributed by atoms with van der Waals surface area (Å²) in [6.07, 6.45) is 2.30. The molecule has 1 N–H and O–H groups in total. The summed E-state index contributed by atoms with van der Waals surface area (Å²) in [7, 11) is 0. The molecule has 19 heavy (non-hydrogen) atoms. The average molecular weight is 322 g/mol. The minimum Gasteiger partial charge on any atom is -0.334 e. The van der Waals surface area contributed by atoms with Crippen LogP contribution in [0, 0.1) is 6.92 Å². The summed E-state index contributed by atoms with van der Waals surface area (Å²) < 4.78 is 6.48. The zero-order chi connectivity index (χ0) is 13.2. The summed E-state index contributed by atoms with van der Waals surface area (Å²) in [5.41, 5.74) is 2.14. The first kappa shape index (κ1) is 12.8. The van der Waals surface area contributed by atoms with Crippen molar-refractivity contribution in [2.75, 3.05) is 13.1 Å². The predicted octanol–water partition coefficient (Wildman–Crippen LogP) is 3.27. The third kappa shape index (κ3) is 2.72. The average Bonchev–Trinajstić information content (AvgIpc) is 2.93. The molecule has 5 heteroatoms. The Bertz CT molecular complexity index is 576. The van der Waals surface area contributed by atoms with Crippen molar-refractivity contribution in [2.45, 2.75) is 25.7 Å². The number of hydrogen-bond acceptors (Lipinski definition) is 4. The Morgan fingerprint density at radius 3 is 3.05 bits per heavy atom. The highest BCUT2D eigenvalue weighted by molar-refractivity contribution is 9.10. The van der Waals surface area contributed by atoms with Gasteiger partial charge in [0.2, 0.25) is 0 Å². The molecule has 100 valence electrons. The van der Waals surface area contributed by atoms with E-state index < -0.39 is 0 Å². The lowest BCUT2D eigenvalue weighted by molar-refractivity contribution is 0.393. The van der Waals surface area contributed by atoms with Crippen LogP contribution >= 0.6 is 15.9 Å². The van der Waals surface area contributed by atoms with E-state index in [1.807, 2.05) is 12.1 Å². The van der Waals surface area contributed by atoms with Crippen molar-refractivity contribution < 1.29 is 4.52 Å². The van der Waals surface area contributed by atoms with E-state index in [9.17, 15) is 0 Å². The Balaban J connectivity index is 1.85. The Kier molecular flexibility index (Phi) is 3.66. The summed E-state index contributed by atoms with van der Waals surface area (Å²) in [5, 5.41) is 7.50. The maximum absolute atomic E-state index is 5.39. The van der Waals surface area contributed by atoms with Crippen LogP contribution in [0.1, 0.15) is 30.1 Å². The highest BCUT2D eigenvalue weighted by Gasteiger charge is 2.21. The molecule has 1 aliphatic heterocycles. The van der Waals surface area contributed by atoms with Gasteiger partial charge in [0.15, 0.2) is 5.82 Å². The van der Waals surface area contributed by atoms with Crippen LogP contribution in [0.15, 0.2) is 27.2 Å². The zero-order valence-corrected chi connectivity index (χ0v) is 12.4. The monoisotopic (exact) mass is 321 g/mol. The second kappa shape index (κ2) is 5.43. The van der Waals surface area contributed by atoms with Gasteiger partial charge in [-0.2, -0.15) is 4.98 Å². The number of halogens is 1. The van der Waals surface area contributed by atoms with Crippen molar-refractivity contribution in [2.24, 2.45) is 0 Å². The molecule has 1 saturated heterocycles. The Morgan fingerprint density at radius 2 is 2.32 bits per heavy atom. The number of nitrogens with one attached hydrogen (secondary N) is 1. The first-order chi connectivity index (χ1) is 9.24. The van der Waals surface area contributed by atoms with Gasteiger partial charge >= 0.3 is 0 Å². The molecular formula is C14H16BrN3O. The van der Waals surface area contributed by atoms with Crippen molar-refractivity contribution >= 4 is 15.9 Å². The van der Waals surface area contributed by atoms with E-state index in [0.717, 1.165) is 40.9 Å². The normalized spacial score (nSPS) is 19.6. The summed E-state index contributed by atoms with van der Waals surface area (Å²) in [6.45, 7) is 4.08. The van der Waals surface area contributed by atoms with Crippen molar-refractivity contribution in [3.63, 3.8) is 0 Å². The lowest BCUT2D eigenvalue weighted by Crippen LogP contribution is -2.28. The molecule has 3 rings (SSSR count). The molecule has 1 aliphatic rings. The van der Waals surface area contributed by atoms with Crippen LogP contribution in [0.2, 0.25) is 0 Å². The summed E-state index contributed by atoms with van der Waals surface area (Å²) in [4.78, 5) is 4.54. The topological polar surface area (TPSA) is 51.0 Å². The van der Waals surface area contributed by atoms with Crippen LogP contribution in [0.4, 0.5) is 0 Å². The van der Waals surface area contributed by atoms with Crippen LogP contribution < -0.4 is 5.32 Å². The molecule has 0 bridgehead atoms. The van der Waals surface area contributed by atoms with Crippen molar-refractivity contribution in [3.05, 3.63) is 34.1 Å². The van der Waals surface area contributed by atoms with Gasteiger partial charge < -0.3 is 9.84 Å². The second-order valence-corrected chi connectivity index (χ2v) is 5.82. The van der Waals surface area contributed by atoms with Gasteiger partial charge in [0.05, 0.1) is 0 Å². The predicted molar refractivity (Wildman–Crippen MR) is 77.0 cm³/mol. The highest BCUT2D eigenvalue weighted by Crippen LogP contribution is 2.26. The molecule has 0 saturated carbocycles. The Labute approximate surface area is 120 Å². The zero-order valence-electron chi connectivity index (χ0n) is 10.8. The van der Waals surface area contributed by atoms with Crippen LogP contribution in [0.5, 0.6) is 0 Å². The van der Waals surface area contributed by atoms with Crippen LogP contribution in [-0.4, -0.2) is 23.2 Å². The SMILES string of the molecule is Cc1cc(-c2nc(C3CCCNC3)no2)ccc1Br. The molecule has 2 aromatic rings. The van der Waals surface area contributed by atoms with Gasteiger partial charge in [-0.05, 0) is 50.1 Å². The molecule has 1 aromatic heterocycles. The fourth-order valence-corrected chi connectivity index (χ4v) is 2.61. The summed E-state index contributed by atoms with van der Waals surface area (Å²) >= 11 is 3.49. The first-order valence-electron chi connectivity index (χ1n) is 6.55. The number of benzene rings is 1. The fourth-order valence-electron chi connectivity index (χ4n) is 2.37. The molecule has 0 amide bonds. The lowest BCUT2D eigenvalue weighted by atomic mass is 9.99. The van der Waals surface area contributed by atoms with Gasteiger partial charge in [0, 0.05) is 22.5 Å². The number of rotatable bonds is 2. The summed E-state index contributed by atoms with van der Waals surface area (Å²) in [5.74, 6) is 1.81. The van der Waals surface area contributed by atoms with Gasteiger partial charge in [0.1, 0.15) is 0 Å². The molecule has 1 aromatic carbocycles. The van der Waals surface area contributed by atoms with Crippen molar-refractivity contribution in [3.8, 4) is 11.5 Å². The fraction of sp³-hybridized carbons (Fsp3) is 0.429. The Hall–Kier alpha value is -1.20. The van der Waals surface area contributed by atoms with Gasteiger partial charge in [-0.1, -0.05) is 21.1 Å². The number of piperidine rings is 1. The van der Waals surface area contributed by atoms with Crippen LogP contribution in [-0.2, 0) is 0 Å². The first-order valence-corrected chi connectivity index (χ1v) is 7.34. The van der Waals surface area contributed by atoms with Crippen molar-refractivity contribution in [1.82, 2.24) is 15.5 Å². The molecule has 1 atom stereocenters. The molecule has 1 fully saturated rings. The standard InChI is InChI=1S/C14H16BrN3O/c1-9-7-10(4-5-12(9)15)14-17-13(18-19-14)11-3-2-6-16-8-11/h4-5,7,11,16H,2-3,6,8H2,1H3. The Morgan fingerprint density at radius 1 is 1.42 bits per heavy atom. The molecule has 2 heterocycles. The molecular weight excluding hydrogens is 306 g/mol. The highest BCUT2D eigenvalue weighted by atomic mass is 79.9. The van der Waals surface area contributed by atoms with Gasteiger partial charge in [0.25, 0.3) is 5.89 Å². The summed E-state index contributed by atoms with van der Waals surface area (Å²) in [6, 6.07) is 6.06. The quantitative estimate of drug-likeness (QED) is 0.922. The van der Waals surface area contributed by atoms with Gasteiger partial charge in [-0.15, -0.1) is 0 Å². The number of nitrogens with zero attached hydrogens (tertiary/aromatic N) is 2. The molecule has 4 nitrogen and oxygen atoms in total. The van der Waals surface area contributed by atoms with Gasteiger partial charge in [-0.3, -0.25) is 0 Å². The number of aromatic nitrogens is 2. The van der Waals surface area contributed by atoms with E-state index >= 15 is 0 Å². The van der Waals surface area contributed by atoms with E-state index in [4.69, 9.17) is 4.52 Å². The maximum atomic E-state index is 5.39. The van der Waals surface area contributed by atoms with Crippen LogP contribution in [0.25, 0.3) is 11.5 Å². The van der Waals surface area contributed by atoms with E-state index in [0.29, 0.717) is 11.8 Å². The van der Waals surface area contributed by atoms with E-state index in [1.165, 1.54) is 6.42 Å². The van der Waals surface area contributed by atoms with Crippen molar-refractivity contribution in [1.29, 1.82) is 0 Å². The van der Waals surface area contributed by atoms with Crippen LogP contribution in [0.3, 0.4) is 0 Å². The van der Waals surface area contributed by atoms with E-state index in [1.54, 1.807) is 0 Å². The van der Waals surface area contributed by atoms with E-state index in [2.05, 4.69) is 44.4 Å². The maximum Gasteiger partial charge on any atom is 0.257 e. The lowest BCUT2D eigenvalue weighted by Gasteiger charge is -2.19. The largest absolute Gasteiger partial charge is 0.334 e. The third-order valence-electron chi connectivity index (χ3n) is 3.51. The second-order valence-electron chi connectivity index (χ2n) is 4.96. The minimum absolute atomic E-state index is 0.378. The molecule has 0 spiro atoms. The number of aryl methyl sites for hydroxylation is 1. The van der Waals surface area contributed by atoms with Gasteiger partial charge in [-0.25, -0.2) is 0 Å². The van der Waals surface area contributed by atoms with E-state index in [-0.39, 0.29) is 0 Å². The number of hydrogen-bond donors (Lipinski definition) is 1. The minimum atomic E-state index is 0.378. The molecule has 0 radical (unpaired) electrons. The molecule has 1 unspecified atom stereocenters. The molecule has 0 aliphatic carbocycles. The third-order valence-corrected chi connectivity index (χ3v) is 4.40.